The fourth-order valence-corrected chi connectivity index (χ4v) is 14.2. The molecule has 0 bridgehead atoms. The predicted molar refractivity (Wildman–Crippen MR) is 298 cm³/mol. The maximum atomic E-state index is 7.14. The summed E-state index contributed by atoms with van der Waals surface area (Å²) >= 11 is 14.5. The van der Waals surface area contributed by atoms with Gasteiger partial charge in [-0.25, -0.2) is 0 Å². The highest BCUT2D eigenvalue weighted by Crippen LogP contribution is 2.66. The Labute approximate surface area is 423 Å². The van der Waals surface area contributed by atoms with Crippen molar-refractivity contribution < 1.29 is 0 Å². The molecule has 0 radical (unpaired) electrons. The molecule has 2 aromatic heterocycles. The lowest BCUT2D eigenvalue weighted by Crippen LogP contribution is -2.30. The van der Waals surface area contributed by atoms with E-state index in [4.69, 9.17) is 42.1 Å². The van der Waals surface area contributed by atoms with Crippen LogP contribution in [0, 0.1) is 27.7 Å². The minimum Gasteiger partial charge on any atom is -0.396 e. The lowest BCUT2D eigenvalue weighted by Gasteiger charge is -2.35. The van der Waals surface area contributed by atoms with Gasteiger partial charge in [-0.1, -0.05) is 133 Å². The van der Waals surface area contributed by atoms with E-state index in [9.17, 15) is 0 Å². The fourth-order valence-electron chi connectivity index (χ4n) is 11.3. The van der Waals surface area contributed by atoms with Gasteiger partial charge in [0, 0.05) is 66.2 Å². The van der Waals surface area contributed by atoms with Crippen molar-refractivity contribution in [2.75, 3.05) is 11.5 Å². The lowest BCUT2D eigenvalue weighted by molar-refractivity contribution is 0.566. The van der Waals surface area contributed by atoms with Crippen LogP contribution in [0.4, 0.5) is 22.7 Å². The number of fused-ring (bicyclic) bond motifs is 7. The molecule has 0 amide bonds. The highest BCUT2D eigenvalue weighted by Gasteiger charge is 2.53. The zero-order chi connectivity index (χ0) is 48.5. The van der Waals surface area contributed by atoms with Crippen LogP contribution in [0.2, 0.25) is 0 Å². The summed E-state index contributed by atoms with van der Waals surface area (Å²) < 4.78 is 8.77. The number of thiophene rings is 2. The van der Waals surface area contributed by atoms with Gasteiger partial charge in [-0.15, -0.1) is 22.7 Å². The molecule has 342 valence electrons. The normalized spacial score (nSPS) is 14.2. The number of nitrogen functional groups attached to an aromatic ring is 2. The smallest absolute Gasteiger partial charge is 0.109 e. The molecule has 0 aliphatic heterocycles. The van der Waals surface area contributed by atoms with Crippen LogP contribution in [0.25, 0.3) is 42.1 Å². The number of aryl methyl sites for hydroxylation is 4. The second-order valence-electron chi connectivity index (χ2n) is 20.2. The Morgan fingerprint density at radius 2 is 0.884 bits per heavy atom. The first-order valence-electron chi connectivity index (χ1n) is 23.4. The molecule has 0 saturated heterocycles. The monoisotopic (exact) mass is 971 g/mol. The molecule has 0 saturated carbocycles. The van der Waals surface area contributed by atoms with E-state index in [2.05, 4.69) is 198 Å². The van der Waals surface area contributed by atoms with Crippen molar-refractivity contribution in [3.05, 3.63) is 211 Å². The molecule has 0 spiro atoms. The SMILES string of the molecule is Cc1ccc(C2(c3ccc(C)cc3)c3cc4c(cc3-c3sc(-c5cc6c(N)c(N=S)c(C(C)C)cc6c(N)c5N=S)cc32)C(c2ccc(C)cc2)(c2ccc(C)cc2)c2cc(C(C)(C)N)sc2-4)cc1. The largest absolute Gasteiger partial charge is 0.396 e. The van der Waals surface area contributed by atoms with E-state index < -0.39 is 16.4 Å². The third-order valence-corrected chi connectivity index (χ3v) is 17.9. The molecule has 9 heteroatoms. The number of hydrogen-bond donors (Lipinski definition) is 3. The summed E-state index contributed by atoms with van der Waals surface area (Å²) in [6.07, 6.45) is 0. The van der Waals surface area contributed by atoms with Crippen LogP contribution in [0.5, 0.6) is 0 Å². The third-order valence-electron chi connectivity index (χ3n) is 14.9. The number of anilines is 2. The van der Waals surface area contributed by atoms with E-state index in [1.54, 1.807) is 11.3 Å². The predicted octanol–water partition coefficient (Wildman–Crippen LogP) is 15.8. The topological polar surface area (TPSA) is 103 Å². The molecule has 2 aliphatic rings. The van der Waals surface area contributed by atoms with E-state index in [1.165, 1.54) is 87.6 Å². The average molecular weight is 972 g/mol. The summed E-state index contributed by atoms with van der Waals surface area (Å²) in [5, 5.41) is 1.57. The van der Waals surface area contributed by atoms with Crippen molar-refractivity contribution in [3.8, 4) is 31.3 Å². The molecule has 11 rings (SSSR count). The van der Waals surface area contributed by atoms with Crippen LogP contribution in [-0.2, 0) is 41.2 Å². The molecule has 5 nitrogen and oxygen atoms in total. The highest BCUT2D eigenvalue weighted by atomic mass is 32.1. The second-order valence-corrected chi connectivity index (χ2v) is 22.7. The van der Waals surface area contributed by atoms with Crippen LogP contribution in [0.3, 0.4) is 0 Å². The first-order chi connectivity index (χ1) is 33.0. The van der Waals surface area contributed by atoms with Crippen LogP contribution in [-0.4, -0.2) is 0 Å². The molecule has 0 fully saturated rings. The summed E-state index contributed by atoms with van der Waals surface area (Å²) in [6.45, 7) is 17.1. The van der Waals surface area contributed by atoms with E-state index in [1.807, 2.05) is 11.3 Å². The maximum absolute atomic E-state index is 7.14. The number of rotatable bonds is 9. The summed E-state index contributed by atoms with van der Waals surface area (Å²) in [4.78, 5) is 4.59. The summed E-state index contributed by atoms with van der Waals surface area (Å²) in [7, 11) is 0. The van der Waals surface area contributed by atoms with Crippen LogP contribution < -0.4 is 17.2 Å². The average Bonchev–Trinajstić information content (AvgIpc) is 4.09. The van der Waals surface area contributed by atoms with E-state index in [-0.39, 0.29) is 5.92 Å². The van der Waals surface area contributed by atoms with E-state index in [0.717, 1.165) is 31.7 Å². The molecule has 9 aromatic rings. The molecule has 0 unspecified atom stereocenters. The molecular weight excluding hydrogens is 919 g/mol. The summed E-state index contributed by atoms with van der Waals surface area (Å²) in [5.41, 5.74) is 40.2. The summed E-state index contributed by atoms with van der Waals surface area (Å²) in [5.74, 6) is 0.121. The Bertz CT molecular complexity index is 3500. The van der Waals surface area contributed by atoms with Gasteiger partial charge < -0.3 is 17.2 Å². The first kappa shape index (κ1) is 45.3. The Kier molecular flexibility index (Phi) is 10.6. The minimum atomic E-state index is -0.713. The van der Waals surface area contributed by atoms with Gasteiger partial charge in [0.2, 0.25) is 0 Å². The molecule has 69 heavy (non-hydrogen) atoms. The zero-order valence-electron chi connectivity index (χ0n) is 40.0. The van der Waals surface area contributed by atoms with Gasteiger partial charge >= 0.3 is 0 Å². The summed E-state index contributed by atoms with van der Waals surface area (Å²) in [6, 6.07) is 50.5. The van der Waals surface area contributed by atoms with Gasteiger partial charge in [0.05, 0.1) is 22.2 Å². The second kappa shape index (κ2) is 16.2. The molecule has 2 aliphatic carbocycles. The van der Waals surface area contributed by atoms with Crippen molar-refractivity contribution in [1.82, 2.24) is 0 Å². The highest BCUT2D eigenvalue weighted by molar-refractivity contribution is 7.47. The van der Waals surface area contributed by atoms with E-state index >= 15 is 0 Å². The van der Waals surface area contributed by atoms with Gasteiger partial charge in [-0.05, 0) is 145 Å². The molecule has 7 aromatic carbocycles. The fraction of sp³-hybridized carbons (Fsp3) is 0.200. The van der Waals surface area contributed by atoms with Crippen LogP contribution in [0.1, 0.15) is 111 Å². The van der Waals surface area contributed by atoms with Crippen molar-refractivity contribution in [2.24, 2.45) is 14.5 Å². The Hall–Kier alpha value is -6.20. The quantitative estimate of drug-likeness (QED) is 0.125. The van der Waals surface area contributed by atoms with Gasteiger partial charge in [-0.3, -0.25) is 0 Å². The maximum Gasteiger partial charge on any atom is 0.109 e. The van der Waals surface area contributed by atoms with Crippen molar-refractivity contribution >= 4 is 81.0 Å². The van der Waals surface area contributed by atoms with Gasteiger partial charge in [0.15, 0.2) is 0 Å². The van der Waals surface area contributed by atoms with Gasteiger partial charge in [0.25, 0.3) is 0 Å². The van der Waals surface area contributed by atoms with Crippen molar-refractivity contribution in [3.63, 3.8) is 0 Å². The molecular formula is C60H53N5S4. The molecule has 6 N–H and O–H groups in total. The number of benzene rings is 7. The first-order valence-corrected chi connectivity index (χ1v) is 25.8. The Balaban J connectivity index is 1.29. The molecule has 0 atom stereocenters. The number of hydrogen-bond acceptors (Lipinski definition) is 9. The lowest BCUT2D eigenvalue weighted by atomic mass is 9.65. The minimum absolute atomic E-state index is 0.121. The van der Waals surface area contributed by atoms with Crippen LogP contribution in [0.15, 0.2) is 142 Å². The zero-order valence-corrected chi connectivity index (χ0v) is 43.3. The van der Waals surface area contributed by atoms with Gasteiger partial charge in [-0.2, -0.15) is 8.73 Å². The number of nitrogens with zero attached hydrogens (tertiary/aromatic N) is 2. The number of nitrogens with two attached hydrogens (primary N) is 3. The molecule has 2 heterocycles. The van der Waals surface area contributed by atoms with Crippen LogP contribution >= 0.6 is 22.7 Å². The Morgan fingerprint density at radius 3 is 1.29 bits per heavy atom. The standard InChI is InChI=1S/C60H53N5S4/c1-31(2)40-25-41-42(52(61)54(40)64-66)26-45(55(65-67)53(41)62)50-29-48-56(68-50)43-27-47-44(28-46(43)59(48,36-17-9-32(3)10-18-36)37-19-11-33(4)12-20-37)57-49(30-51(69-57)58(7,8)63)60(47,38-21-13-34(5)14-22-38)39-23-15-35(6)16-24-39/h9-31H,61-63H2,1-8H3. The van der Waals surface area contributed by atoms with Gasteiger partial charge in [0.1, 0.15) is 11.4 Å². The van der Waals surface area contributed by atoms with Crippen molar-refractivity contribution in [1.29, 1.82) is 0 Å². The van der Waals surface area contributed by atoms with E-state index in [0.29, 0.717) is 22.7 Å². The van der Waals surface area contributed by atoms with Crippen molar-refractivity contribution in [2.45, 2.75) is 77.7 Å². The third kappa shape index (κ3) is 6.54. The Morgan fingerprint density at radius 1 is 0.493 bits per heavy atom.